The lowest BCUT2D eigenvalue weighted by atomic mass is 10.1. The Hall–Kier alpha value is -2.93. The number of benzene rings is 2. The van der Waals surface area contributed by atoms with Crippen molar-refractivity contribution >= 4 is 22.5 Å². The van der Waals surface area contributed by atoms with E-state index < -0.39 is 11.2 Å². The molecule has 0 aliphatic carbocycles. The van der Waals surface area contributed by atoms with E-state index in [0.29, 0.717) is 38.7 Å². The molecule has 26 heavy (non-hydrogen) atoms. The fourth-order valence-electron chi connectivity index (χ4n) is 2.78. The Kier molecular flexibility index (Phi) is 4.90. The smallest absolute Gasteiger partial charge is 0.329 e. The molecule has 2 aromatic carbocycles. The molecule has 136 valence electrons. The largest absolute Gasteiger partial charge is 0.493 e. The van der Waals surface area contributed by atoms with Gasteiger partial charge in [-0.05, 0) is 35.9 Å². The first-order valence-corrected chi connectivity index (χ1v) is 8.07. The minimum absolute atomic E-state index is 0.0451. The molecule has 0 unspecified atom stereocenters. The molecule has 0 aliphatic rings. The van der Waals surface area contributed by atoms with Gasteiger partial charge in [0, 0.05) is 5.02 Å². The molecule has 0 spiro atoms. The number of fused-ring (bicyclic) bond motifs is 1. The summed E-state index contributed by atoms with van der Waals surface area (Å²) >= 11 is 5.92. The van der Waals surface area contributed by atoms with Gasteiger partial charge in [0.25, 0.3) is 5.56 Å². The van der Waals surface area contributed by atoms with E-state index in [2.05, 4.69) is 4.98 Å². The van der Waals surface area contributed by atoms with Crippen LogP contribution in [0.5, 0.6) is 17.2 Å². The average molecular weight is 377 g/mol. The Labute approximate surface area is 153 Å². The SMILES string of the molecule is COc1cc(Cn2c(=O)[nH]c3cc(Cl)ccc3c2=O)cc(OC)c1OC. The number of H-pyrrole nitrogens is 1. The molecule has 0 saturated heterocycles. The molecule has 1 heterocycles. The first-order chi connectivity index (χ1) is 12.5. The van der Waals surface area contributed by atoms with E-state index in [1.165, 1.54) is 21.3 Å². The van der Waals surface area contributed by atoms with Gasteiger partial charge < -0.3 is 19.2 Å². The maximum atomic E-state index is 12.7. The summed E-state index contributed by atoms with van der Waals surface area (Å²) in [5.41, 5.74) is 0.113. The molecule has 0 amide bonds. The number of hydrogen-bond donors (Lipinski definition) is 1. The fraction of sp³-hybridized carbons (Fsp3) is 0.222. The second-order valence-electron chi connectivity index (χ2n) is 5.54. The van der Waals surface area contributed by atoms with Crippen LogP contribution in [-0.4, -0.2) is 30.9 Å². The second-order valence-corrected chi connectivity index (χ2v) is 5.98. The molecule has 0 saturated carbocycles. The minimum Gasteiger partial charge on any atom is -0.493 e. The van der Waals surface area contributed by atoms with Crippen LogP contribution in [0.4, 0.5) is 0 Å². The lowest BCUT2D eigenvalue weighted by Gasteiger charge is -2.14. The monoisotopic (exact) mass is 376 g/mol. The zero-order valence-electron chi connectivity index (χ0n) is 14.5. The quantitative estimate of drug-likeness (QED) is 0.739. The molecule has 0 aliphatic heterocycles. The third kappa shape index (κ3) is 3.13. The highest BCUT2D eigenvalue weighted by Crippen LogP contribution is 2.38. The van der Waals surface area contributed by atoms with Crippen LogP contribution >= 0.6 is 11.6 Å². The van der Waals surface area contributed by atoms with Gasteiger partial charge in [-0.1, -0.05) is 11.6 Å². The molecule has 3 rings (SSSR count). The van der Waals surface area contributed by atoms with E-state index >= 15 is 0 Å². The number of methoxy groups -OCH3 is 3. The Bertz CT molecular complexity index is 1060. The summed E-state index contributed by atoms with van der Waals surface area (Å²) in [6, 6.07) is 8.12. The van der Waals surface area contributed by atoms with Gasteiger partial charge in [0.15, 0.2) is 11.5 Å². The van der Waals surface area contributed by atoms with Gasteiger partial charge in [-0.2, -0.15) is 0 Å². The highest BCUT2D eigenvalue weighted by Gasteiger charge is 2.15. The molecule has 0 atom stereocenters. The van der Waals surface area contributed by atoms with Crippen LogP contribution in [0.3, 0.4) is 0 Å². The number of ether oxygens (including phenoxy) is 3. The Morgan fingerprint density at radius 1 is 1.00 bits per heavy atom. The number of rotatable bonds is 5. The van der Waals surface area contributed by atoms with Gasteiger partial charge in [-0.3, -0.25) is 9.36 Å². The van der Waals surface area contributed by atoms with Crippen molar-refractivity contribution in [1.82, 2.24) is 9.55 Å². The van der Waals surface area contributed by atoms with Crippen LogP contribution in [0.15, 0.2) is 39.9 Å². The molecule has 0 radical (unpaired) electrons. The lowest BCUT2D eigenvalue weighted by molar-refractivity contribution is 0.323. The van der Waals surface area contributed by atoms with Crippen molar-refractivity contribution in [3.8, 4) is 17.2 Å². The molecule has 1 N–H and O–H groups in total. The van der Waals surface area contributed by atoms with Gasteiger partial charge in [0.2, 0.25) is 5.75 Å². The molecular weight excluding hydrogens is 360 g/mol. The van der Waals surface area contributed by atoms with Crippen LogP contribution in [0.2, 0.25) is 5.02 Å². The minimum atomic E-state index is -0.529. The van der Waals surface area contributed by atoms with E-state index in [0.717, 1.165) is 4.57 Å². The summed E-state index contributed by atoms with van der Waals surface area (Å²) in [6.45, 7) is 0.0451. The topological polar surface area (TPSA) is 82.6 Å². The van der Waals surface area contributed by atoms with Gasteiger partial charge >= 0.3 is 5.69 Å². The van der Waals surface area contributed by atoms with Crippen molar-refractivity contribution in [3.05, 3.63) is 61.8 Å². The number of aromatic nitrogens is 2. The van der Waals surface area contributed by atoms with Crippen molar-refractivity contribution in [3.63, 3.8) is 0 Å². The van der Waals surface area contributed by atoms with E-state index in [-0.39, 0.29) is 6.54 Å². The Morgan fingerprint density at radius 3 is 2.23 bits per heavy atom. The number of aromatic amines is 1. The maximum absolute atomic E-state index is 12.7. The first-order valence-electron chi connectivity index (χ1n) is 7.69. The van der Waals surface area contributed by atoms with E-state index in [4.69, 9.17) is 25.8 Å². The van der Waals surface area contributed by atoms with Gasteiger partial charge in [0.05, 0.1) is 38.8 Å². The maximum Gasteiger partial charge on any atom is 0.329 e. The normalized spacial score (nSPS) is 10.8. The zero-order chi connectivity index (χ0) is 18.8. The highest BCUT2D eigenvalue weighted by molar-refractivity contribution is 6.31. The van der Waals surface area contributed by atoms with Crippen LogP contribution in [0.1, 0.15) is 5.56 Å². The van der Waals surface area contributed by atoms with Crippen molar-refractivity contribution in [2.24, 2.45) is 0 Å². The van der Waals surface area contributed by atoms with E-state index in [1.54, 1.807) is 30.3 Å². The van der Waals surface area contributed by atoms with Crippen molar-refractivity contribution in [1.29, 1.82) is 0 Å². The van der Waals surface area contributed by atoms with E-state index in [9.17, 15) is 9.59 Å². The highest BCUT2D eigenvalue weighted by atomic mass is 35.5. The van der Waals surface area contributed by atoms with Crippen molar-refractivity contribution < 1.29 is 14.2 Å². The molecule has 0 bridgehead atoms. The van der Waals surface area contributed by atoms with Crippen LogP contribution < -0.4 is 25.5 Å². The molecule has 0 fully saturated rings. The van der Waals surface area contributed by atoms with Gasteiger partial charge in [0.1, 0.15) is 0 Å². The Balaban J connectivity index is 2.14. The van der Waals surface area contributed by atoms with Crippen LogP contribution in [-0.2, 0) is 6.54 Å². The fourth-order valence-corrected chi connectivity index (χ4v) is 2.95. The molecule has 3 aromatic rings. The summed E-state index contributed by atoms with van der Waals surface area (Å²) in [5.74, 6) is 1.32. The zero-order valence-corrected chi connectivity index (χ0v) is 15.2. The molecule has 8 heteroatoms. The van der Waals surface area contributed by atoms with Crippen LogP contribution in [0, 0.1) is 0 Å². The molecule has 7 nitrogen and oxygen atoms in total. The number of halogens is 1. The summed E-state index contributed by atoms with van der Waals surface area (Å²) in [6.07, 6.45) is 0. The molecular formula is C18H17ClN2O5. The van der Waals surface area contributed by atoms with Gasteiger partial charge in [-0.25, -0.2) is 4.79 Å². The van der Waals surface area contributed by atoms with Crippen molar-refractivity contribution in [2.45, 2.75) is 6.54 Å². The number of nitrogens with zero attached hydrogens (tertiary/aromatic N) is 1. The first kappa shape index (κ1) is 17.9. The average Bonchev–Trinajstić information content (AvgIpc) is 2.63. The predicted octanol–water partition coefficient (Wildman–Crippen LogP) is 2.42. The predicted molar refractivity (Wildman–Crippen MR) is 99.0 cm³/mol. The number of nitrogens with one attached hydrogen (secondary N) is 1. The van der Waals surface area contributed by atoms with Crippen molar-refractivity contribution in [2.75, 3.05) is 21.3 Å². The van der Waals surface area contributed by atoms with E-state index in [1.807, 2.05) is 0 Å². The molecule has 1 aromatic heterocycles. The number of hydrogen-bond acceptors (Lipinski definition) is 5. The summed E-state index contributed by atoms with van der Waals surface area (Å²) in [4.78, 5) is 27.8. The third-order valence-electron chi connectivity index (χ3n) is 4.01. The second kappa shape index (κ2) is 7.13. The van der Waals surface area contributed by atoms with Crippen LogP contribution in [0.25, 0.3) is 10.9 Å². The lowest BCUT2D eigenvalue weighted by Crippen LogP contribution is -2.35. The van der Waals surface area contributed by atoms with Gasteiger partial charge in [-0.15, -0.1) is 0 Å². The Morgan fingerprint density at radius 2 is 1.65 bits per heavy atom. The standard InChI is InChI=1S/C18H17ClN2O5/c1-24-14-6-10(7-15(25-2)16(14)26-3)9-21-17(22)12-5-4-11(19)8-13(12)20-18(21)23/h4-8H,9H2,1-3H3,(H,20,23). The third-order valence-corrected chi connectivity index (χ3v) is 4.24. The summed E-state index contributed by atoms with van der Waals surface area (Å²) in [5, 5.41) is 0.816. The summed E-state index contributed by atoms with van der Waals surface area (Å²) < 4.78 is 17.0. The summed E-state index contributed by atoms with van der Waals surface area (Å²) in [7, 11) is 4.50.